The number of nitrogens with zero attached hydrogens (tertiary/aromatic N) is 2. The van der Waals surface area contributed by atoms with Gasteiger partial charge in [-0.2, -0.15) is 0 Å². The van der Waals surface area contributed by atoms with Crippen LogP contribution in [-0.4, -0.2) is 27.0 Å². The molecule has 2 heterocycles. The lowest BCUT2D eigenvalue weighted by molar-refractivity contribution is 0.0377. The minimum absolute atomic E-state index is 0.337. The van der Waals surface area contributed by atoms with Gasteiger partial charge in [-0.3, -0.25) is 9.20 Å². The molecule has 0 atom stereocenters. The van der Waals surface area contributed by atoms with Crippen LogP contribution in [0.2, 0.25) is 0 Å². The molecule has 2 amide bonds. The van der Waals surface area contributed by atoms with Gasteiger partial charge < -0.3 is 15.8 Å². The summed E-state index contributed by atoms with van der Waals surface area (Å²) in [5.74, 6) is -0.544. The average molecular weight is 561 g/mol. The van der Waals surface area contributed by atoms with Crippen molar-refractivity contribution in [2.75, 3.05) is 0 Å². The number of carbonyl (C=O) groups is 2. The molecule has 37 heavy (non-hydrogen) atoms. The molecule has 1 aliphatic rings. The molecule has 0 spiro atoms. The van der Waals surface area contributed by atoms with E-state index in [4.69, 9.17) is 15.5 Å². The summed E-state index contributed by atoms with van der Waals surface area (Å²) in [6.07, 6.45) is 4.22. The highest BCUT2D eigenvalue weighted by Gasteiger charge is 2.41. The van der Waals surface area contributed by atoms with E-state index in [9.17, 15) is 9.59 Å². The molecule has 0 bridgehead atoms. The summed E-state index contributed by atoms with van der Waals surface area (Å²) >= 11 is 3.51. The molecular formula is C29H29BrN4O3. The van der Waals surface area contributed by atoms with E-state index in [2.05, 4.69) is 21.2 Å². The molecule has 1 saturated carbocycles. The van der Waals surface area contributed by atoms with Crippen molar-refractivity contribution >= 4 is 33.6 Å². The van der Waals surface area contributed by atoms with Crippen molar-refractivity contribution in [1.82, 2.24) is 14.7 Å². The molecule has 0 radical (unpaired) electrons. The lowest BCUT2D eigenvalue weighted by Crippen LogP contribution is -2.52. The van der Waals surface area contributed by atoms with Gasteiger partial charge in [-0.25, -0.2) is 9.78 Å². The SMILES string of the molecule is CC(C)(C)OC(=O)NC1(c2ccc(-c3nc4c(C(N)=O)cc(Br)cn4c3-c3ccccc3)cc2)CCC1. The standard InChI is InChI=1S/C29H29BrN4O3/c1-28(2,3)37-27(36)33-29(14-7-15-29)20-12-10-18(11-13-20)23-24(19-8-5-4-6-9-19)34-17-21(30)16-22(25(31)35)26(34)32-23/h4-6,8-13,16-17H,7,14-15H2,1-3H3,(H2,31,35)(H,33,36). The van der Waals surface area contributed by atoms with E-state index >= 15 is 0 Å². The number of rotatable bonds is 5. The first-order valence-corrected chi connectivity index (χ1v) is 13.0. The molecular weight excluding hydrogens is 532 g/mol. The van der Waals surface area contributed by atoms with Gasteiger partial charge in [-0.1, -0.05) is 54.6 Å². The Bertz CT molecular complexity index is 1480. The largest absolute Gasteiger partial charge is 0.444 e. The van der Waals surface area contributed by atoms with Crippen LogP contribution in [0, 0.1) is 0 Å². The fourth-order valence-corrected chi connectivity index (χ4v) is 5.26. The number of halogens is 1. The molecule has 7 nitrogen and oxygen atoms in total. The Labute approximate surface area is 224 Å². The van der Waals surface area contributed by atoms with Crippen molar-refractivity contribution in [1.29, 1.82) is 0 Å². The van der Waals surface area contributed by atoms with Gasteiger partial charge in [0.1, 0.15) is 5.60 Å². The van der Waals surface area contributed by atoms with Gasteiger partial charge in [-0.15, -0.1) is 0 Å². The van der Waals surface area contributed by atoms with Crippen LogP contribution in [0.1, 0.15) is 56.0 Å². The highest BCUT2D eigenvalue weighted by Crippen LogP contribution is 2.42. The summed E-state index contributed by atoms with van der Waals surface area (Å²) < 4.78 is 8.15. The van der Waals surface area contributed by atoms with E-state index in [0.29, 0.717) is 11.2 Å². The number of ether oxygens (including phenoxy) is 1. The molecule has 1 aliphatic carbocycles. The molecule has 4 aromatic rings. The Morgan fingerprint density at radius 1 is 1.05 bits per heavy atom. The Morgan fingerprint density at radius 2 is 1.73 bits per heavy atom. The number of carbonyl (C=O) groups excluding carboxylic acids is 2. The second-order valence-electron chi connectivity index (χ2n) is 10.4. The first kappa shape index (κ1) is 25.0. The lowest BCUT2D eigenvalue weighted by Gasteiger charge is -2.43. The van der Waals surface area contributed by atoms with Crippen LogP contribution in [0.15, 0.2) is 71.3 Å². The van der Waals surface area contributed by atoms with Crippen LogP contribution >= 0.6 is 15.9 Å². The van der Waals surface area contributed by atoms with Crippen LogP contribution in [0.25, 0.3) is 28.2 Å². The lowest BCUT2D eigenvalue weighted by atomic mass is 9.71. The van der Waals surface area contributed by atoms with E-state index < -0.39 is 23.1 Å². The van der Waals surface area contributed by atoms with E-state index in [-0.39, 0.29) is 0 Å². The van der Waals surface area contributed by atoms with Gasteiger partial charge in [0, 0.05) is 21.8 Å². The Balaban J connectivity index is 1.58. The summed E-state index contributed by atoms with van der Waals surface area (Å²) in [4.78, 5) is 29.7. The molecule has 5 rings (SSSR count). The third-order valence-electron chi connectivity index (χ3n) is 6.66. The maximum atomic E-state index is 12.6. The van der Waals surface area contributed by atoms with Gasteiger partial charge in [0.2, 0.25) is 0 Å². The van der Waals surface area contributed by atoms with Crippen molar-refractivity contribution in [2.45, 2.75) is 51.2 Å². The molecule has 1 fully saturated rings. The molecule has 8 heteroatoms. The van der Waals surface area contributed by atoms with E-state index in [1.54, 1.807) is 6.07 Å². The second kappa shape index (κ2) is 9.34. The Kier molecular flexibility index (Phi) is 6.31. The van der Waals surface area contributed by atoms with Gasteiger partial charge in [0.25, 0.3) is 5.91 Å². The van der Waals surface area contributed by atoms with Crippen molar-refractivity contribution in [2.24, 2.45) is 5.73 Å². The number of aromatic nitrogens is 2. The summed E-state index contributed by atoms with van der Waals surface area (Å²) in [5, 5.41) is 3.11. The predicted octanol–water partition coefficient (Wildman–Crippen LogP) is 6.43. The van der Waals surface area contributed by atoms with Crippen LogP contribution < -0.4 is 11.1 Å². The van der Waals surface area contributed by atoms with Crippen molar-refractivity contribution in [3.63, 3.8) is 0 Å². The quantitative estimate of drug-likeness (QED) is 0.293. The number of nitrogens with two attached hydrogens (primary N) is 1. The number of hydrogen-bond acceptors (Lipinski definition) is 4. The van der Waals surface area contributed by atoms with Gasteiger partial charge >= 0.3 is 6.09 Å². The maximum absolute atomic E-state index is 12.6. The molecule has 2 aromatic heterocycles. The molecule has 2 aromatic carbocycles. The normalized spacial score (nSPS) is 14.7. The average Bonchev–Trinajstić information content (AvgIpc) is 3.19. The highest BCUT2D eigenvalue weighted by molar-refractivity contribution is 9.10. The third-order valence-corrected chi connectivity index (χ3v) is 7.09. The van der Waals surface area contributed by atoms with Crippen molar-refractivity contribution in [3.8, 4) is 22.5 Å². The van der Waals surface area contributed by atoms with Crippen LogP contribution in [0.4, 0.5) is 4.79 Å². The van der Waals surface area contributed by atoms with Crippen LogP contribution in [-0.2, 0) is 10.3 Å². The summed E-state index contributed by atoms with van der Waals surface area (Å²) in [5.41, 5.74) is 10.0. The number of benzene rings is 2. The number of pyridine rings is 1. The Morgan fingerprint density at radius 3 is 2.30 bits per heavy atom. The molecule has 3 N–H and O–H groups in total. The third kappa shape index (κ3) is 4.85. The number of amides is 2. The first-order chi connectivity index (χ1) is 17.6. The predicted molar refractivity (Wildman–Crippen MR) is 147 cm³/mol. The molecule has 0 saturated heterocycles. The number of alkyl carbamates (subject to hydrolysis) is 1. The van der Waals surface area contributed by atoms with Crippen molar-refractivity contribution < 1.29 is 14.3 Å². The molecule has 190 valence electrons. The topological polar surface area (TPSA) is 98.7 Å². The fourth-order valence-electron chi connectivity index (χ4n) is 4.83. The number of hydrogen-bond donors (Lipinski definition) is 2. The number of imidazole rings is 1. The number of fused-ring (bicyclic) bond motifs is 1. The molecule has 0 aliphatic heterocycles. The minimum atomic E-state index is -0.561. The zero-order valence-corrected chi connectivity index (χ0v) is 22.6. The first-order valence-electron chi connectivity index (χ1n) is 12.3. The molecule has 0 unspecified atom stereocenters. The number of primary amides is 1. The Hall–Kier alpha value is -3.65. The number of nitrogens with one attached hydrogen (secondary N) is 1. The van der Waals surface area contributed by atoms with Gasteiger partial charge in [0.15, 0.2) is 5.65 Å². The van der Waals surface area contributed by atoms with Crippen LogP contribution in [0.3, 0.4) is 0 Å². The van der Waals surface area contributed by atoms with Gasteiger partial charge in [0.05, 0.1) is 22.5 Å². The smallest absolute Gasteiger partial charge is 0.408 e. The minimum Gasteiger partial charge on any atom is -0.444 e. The fraction of sp³-hybridized carbons (Fsp3) is 0.276. The highest BCUT2D eigenvalue weighted by atomic mass is 79.9. The second-order valence-corrected chi connectivity index (χ2v) is 11.4. The summed E-state index contributed by atoms with van der Waals surface area (Å²) in [7, 11) is 0. The van der Waals surface area contributed by atoms with E-state index in [1.807, 2.05) is 86.0 Å². The van der Waals surface area contributed by atoms with Crippen LogP contribution in [0.5, 0.6) is 0 Å². The summed E-state index contributed by atoms with van der Waals surface area (Å²) in [6.45, 7) is 5.57. The van der Waals surface area contributed by atoms with Gasteiger partial charge in [-0.05, 0) is 67.6 Å². The monoisotopic (exact) mass is 560 g/mol. The van der Waals surface area contributed by atoms with E-state index in [1.165, 1.54) is 0 Å². The van der Waals surface area contributed by atoms with E-state index in [0.717, 1.165) is 51.8 Å². The maximum Gasteiger partial charge on any atom is 0.408 e. The summed E-state index contributed by atoms with van der Waals surface area (Å²) in [6, 6.07) is 19.7. The zero-order valence-electron chi connectivity index (χ0n) is 21.0. The zero-order chi connectivity index (χ0) is 26.4. The van der Waals surface area contributed by atoms with Crippen molar-refractivity contribution in [3.05, 3.63) is 82.5 Å².